The van der Waals surface area contributed by atoms with Crippen LogP contribution in [0.2, 0.25) is 0 Å². The van der Waals surface area contributed by atoms with E-state index < -0.39 is 0 Å². The van der Waals surface area contributed by atoms with E-state index in [9.17, 15) is 4.79 Å². The first-order chi connectivity index (χ1) is 8.34. The third-order valence-electron chi connectivity index (χ3n) is 3.24. The van der Waals surface area contributed by atoms with Gasteiger partial charge in [-0.3, -0.25) is 9.79 Å². The standard InChI is InChI=1S/C14H8N2O/c17-12-5-8-6-15-7-10(8)13-9-3-1-2-4-11(9)16-14(12)13/h1-7,16H. The number of fused-ring (bicyclic) bond motifs is 5. The van der Waals surface area contributed by atoms with Gasteiger partial charge < -0.3 is 4.98 Å². The van der Waals surface area contributed by atoms with Crippen LogP contribution < -0.4 is 0 Å². The highest BCUT2D eigenvalue weighted by Gasteiger charge is 2.27. The van der Waals surface area contributed by atoms with Gasteiger partial charge in [-0.1, -0.05) is 18.2 Å². The summed E-state index contributed by atoms with van der Waals surface area (Å²) >= 11 is 0. The topological polar surface area (TPSA) is 45.2 Å². The highest BCUT2D eigenvalue weighted by Crippen LogP contribution is 2.37. The first-order valence-corrected chi connectivity index (χ1v) is 5.45. The van der Waals surface area contributed by atoms with Crippen molar-refractivity contribution in [2.24, 2.45) is 4.99 Å². The van der Waals surface area contributed by atoms with Gasteiger partial charge in [0.2, 0.25) is 5.78 Å². The van der Waals surface area contributed by atoms with E-state index in [0.717, 1.165) is 27.6 Å². The van der Waals surface area contributed by atoms with E-state index in [0.29, 0.717) is 5.69 Å². The molecule has 1 aromatic carbocycles. The minimum atomic E-state index is 0.0247. The fourth-order valence-corrected chi connectivity index (χ4v) is 2.48. The lowest BCUT2D eigenvalue weighted by Gasteiger charge is -2.10. The van der Waals surface area contributed by atoms with Gasteiger partial charge in [0.05, 0.1) is 5.69 Å². The van der Waals surface area contributed by atoms with Crippen molar-refractivity contribution in [1.82, 2.24) is 4.98 Å². The van der Waals surface area contributed by atoms with Gasteiger partial charge in [0, 0.05) is 40.0 Å². The first kappa shape index (κ1) is 8.70. The van der Waals surface area contributed by atoms with Gasteiger partial charge in [0.25, 0.3) is 0 Å². The molecule has 0 atom stereocenters. The lowest BCUT2D eigenvalue weighted by Crippen LogP contribution is -2.07. The molecule has 0 saturated heterocycles. The number of aromatic amines is 1. The molecule has 80 valence electrons. The van der Waals surface area contributed by atoms with Crippen molar-refractivity contribution in [3.63, 3.8) is 0 Å². The number of hydrogen-bond donors (Lipinski definition) is 1. The van der Waals surface area contributed by atoms with Crippen molar-refractivity contribution in [2.45, 2.75) is 0 Å². The largest absolute Gasteiger partial charge is 0.351 e. The monoisotopic (exact) mass is 220 g/mol. The molecule has 2 heterocycles. The number of para-hydroxylation sites is 1. The minimum Gasteiger partial charge on any atom is -0.351 e. The number of rotatable bonds is 0. The Kier molecular flexibility index (Phi) is 1.45. The summed E-state index contributed by atoms with van der Waals surface area (Å²) in [4.78, 5) is 19.3. The average Bonchev–Trinajstić information content (AvgIpc) is 2.91. The maximum atomic E-state index is 12.0. The summed E-state index contributed by atoms with van der Waals surface area (Å²) in [5, 5.41) is 1.08. The number of aliphatic imine (C=N–C) groups is 1. The quantitative estimate of drug-likeness (QED) is 0.729. The summed E-state index contributed by atoms with van der Waals surface area (Å²) in [5.74, 6) is 0.0247. The number of H-pyrrole nitrogens is 1. The zero-order chi connectivity index (χ0) is 11.4. The van der Waals surface area contributed by atoms with Crippen LogP contribution in [0.4, 0.5) is 0 Å². The van der Waals surface area contributed by atoms with E-state index in [1.165, 1.54) is 0 Å². The molecule has 0 unspecified atom stereocenters. The molecular formula is C14H8N2O. The molecule has 0 radical (unpaired) electrons. The lowest BCUT2D eigenvalue weighted by atomic mass is 9.91. The molecule has 0 fully saturated rings. The summed E-state index contributed by atoms with van der Waals surface area (Å²) < 4.78 is 0. The van der Waals surface area contributed by atoms with Gasteiger partial charge in [-0.25, -0.2) is 0 Å². The van der Waals surface area contributed by atoms with Crippen molar-refractivity contribution in [3.8, 4) is 0 Å². The van der Waals surface area contributed by atoms with Crippen molar-refractivity contribution >= 4 is 28.5 Å². The average molecular weight is 220 g/mol. The molecule has 1 N–H and O–H groups in total. The second-order valence-corrected chi connectivity index (χ2v) is 4.21. The molecule has 2 aliphatic rings. The van der Waals surface area contributed by atoms with E-state index in [4.69, 9.17) is 0 Å². The van der Waals surface area contributed by atoms with E-state index in [2.05, 4.69) is 9.98 Å². The predicted molar refractivity (Wildman–Crippen MR) is 67.2 cm³/mol. The number of carbonyl (C=O) groups is 1. The van der Waals surface area contributed by atoms with E-state index in [1.54, 1.807) is 12.3 Å². The second kappa shape index (κ2) is 2.83. The summed E-state index contributed by atoms with van der Waals surface area (Å²) in [6, 6.07) is 7.95. The predicted octanol–water partition coefficient (Wildman–Crippen LogP) is 2.72. The number of carbonyl (C=O) groups excluding carboxylic acids is 1. The molecule has 0 saturated carbocycles. The Morgan fingerprint density at radius 1 is 1.18 bits per heavy atom. The molecule has 1 aliphatic carbocycles. The Morgan fingerprint density at radius 3 is 3.00 bits per heavy atom. The van der Waals surface area contributed by atoms with Crippen LogP contribution in [0.1, 0.15) is 16.1 Å². The summed E-state index contributed by atoms with van der Waals surface area (Å²) in [7, 11) is 0. The fraction of sp³-hybridized carbons (Fsp3) is 0. The van der Waals surface area contributed by atoms with Crippen LogP contribution in [0, 0.1) is 0 Å². The smallest absolute Gasteiger partial charge is 0.203 e. The number of allylic oxidation sites excluding steroid dienone is 3. The second-order valence-electron chi connectivity index (χ2n) is 4.21. The molecule has 0 spiro atoms. The SMILES string of the molecule is O=C1C=C2C=NC=C2c2c1[nH]c1ccccc21. The lowest BCUT2D eigenvalue weighted by molar-refractivity contribution is 0.104. The summed E-state index contributed by atoms with van der Waals surface area (Å²) in [6.07, 6.45) is 5.19. The third kappa shape index (κ3) is 1.00. The molecule has 1 aliphatic heterocycles. The van der Waals surface area contributed by atoms with E-state index >= 15 is 0 Å². The van der Waals surface area contributed by atoms with Crippen LogP contribution in [-0.4, -0.2) is 17.0 Å². The molecular weight excluding hydrogens is 212 g/mol. The van der Waals surface area contributed by atoms with Crippen LogP contribution in [-0.2, 0) is 0 Å². The van der Waals surface area contributed by atoms with E-state index in [1.807, 2.05) is 30.5 Å². The van der Waals surface area contributed by atoms with E-state index in [-0.39, 0.29) is 5.78 Å². The Balaban J connectivity index is 2.16. The third-order valence-corrected chi connectivity index (χ3v) is 3.24. The minimum absolute atomic E-state index is 0.0247. The van der Waals surface area contributed by atoms with Crippen LogP contribution in [0.3, 0.4) is 0 Å². The molecule has 0 bridgehead atoms. The van der Waals surface area contributed by atoms with Gasteiger partial charge in [-0.15, -0.1) is 0 Å². The van der Waals surface area contributed by atoms with Crippen LogP contribution in [0.15, 0.2) is 47.1 Å². The number of aromatic nitrogens is 1. The van der Waals surface area contributed by atoms with Crippen molar-refractivity contribution in [3.05, 3.63) is 53.4 Å². The molecule has 1 aromatic heterocycles. The normalized spacial score (nSPS) is 16.8. The van der Waals surface area contributed by atoms with Gasteiger partial charge in [0.1, 0.15) is 0 Å². The zero-order valence-corrected chi connectivity index (χ0v) is 8.90. The van der Waals surface area contributed by atoms with Crippen LogP contribution in [0.5, 0.6) is 0 Å². The Hall–Kier alpha value is -2.42. The number of benzene rings is 1. The number of hydrogen-bond acceptors (Lipinski definition) is 2. The summed E-state index contributed by atoms with van der Waals surface area (Å²) in [6.45, 7) is 0. The van der Waals surface area contributed by atoms with Crippen LogP contribution >= 0.6 is 0 Å². The number of nitrogens with one attached hydrogen (secondary N) is 1. The van der Waals surface area contributed by atoms with Gasteiger partial charge >= 0.3 is 0 Å². The van der Waals surface area contributed by atoms with Crippen molar-refractivity contribution < 1.29 is 4.79 Å². The molecule has 0 amide bonds. The van der Waals surface area contributed by atoms with Crippen LogP contribution in [0.25, 0.3) is 16.5 Å². The van der Waals surface area contributed by atoms with Crippen molar-refractivity contribution in [1.29, 1.82) is 0 Å². The van der Waals surface area contributed by atoms with Crippen molar-refractivity contribution in [2.75, 3.05) is 0 Å². The Bertz CT molecular complexity index is 760. The van der Waals surface area contributed by atoms with Gasteiger partial charge in [-0.05, 0) is 12.1 Å². The highest BCUT2D eigenvalue weighted by molar-refractivity contribution is 6.24. The maximum Gasteiger partial charge on any atom is 0.203 e. The fourth-order valence-electron chi connectivity index (χ4n) is 2.48. The Morgan fingerprint density at radius 2 is 2.06 bits per heavy atom. The van der Waals surface area contributed by atoms with Gasteiger partial charge in [0.15, 0.2) is 0 Å². The Labute approximate surface area is 97.2 Å². The number of ketones is 1. The summed E-state index contributed by atoms with van der Waals surface area (Å²) in [5.41, 5.74) is 4.60. The molecule has 3 heteroatoms. The van der Waals surface area contributed by atoms with Gasteiger partial charge in [-0.2, -0.15) is 0 Å². The molecule has 17 heavy (non-hydrogen) atoms. The molecule has 2 aromatic rings. The number of nitrogens with zero attached hydrogens (tertiary/aromatic N) is 1. The highest BCUT2D eigenvalue weighted by atomic mass is 16.1. The molecule has 4 rings (SSSR count). The maximum absolute atomic E-state index is 12.0. The first-order valence-electron chi connectivity index (χ1n) is 5.45. The molecule has 3 nitrogen and oxygen atoms in total. The zero-order valence-electron chi connectivity index (χ0n) is 8.90.